The average molecular weight is 164 g/mol. The lowest BCUT2D eigenvalue weighted by atomic mass is 9.94. The molecule has 1 aliphatic heterocycles. The van der Waals surface area contributed by atoms with Crippen LogP contribution in [0, 0.1) is 24.2 Å². The molecular weight excluding hydrogens is 152 g/mol. The van der Waals surface area contributed by atoms with Gasteiger partial charge in [0.25, 0.3) is 0 Å². The molecule has 0 aromatic heterocycles. The van der Waals surface area contributed by atoms with Gasteiger partial charge in [0.1, 0.15) is 5.76 Å². The van der Waals surface area contributed by atoms with Gasteiger partial charge in [0.05, 0.1) is 5.92 Å². The Labute approximate surface area is 72.6 Å². The number of esters is 1. The smallest absolute Gasteiger partial charge is 0.314 e. The third-order valence-corrected chi connectivity index (χ3v) is 2.00. The summed E-state index contributed by atoms with van der Waals surface area (Å²) in [5.41, 5.74) is 0. The first kappa shape index (κ1) is 8.86. The molecule has 0 spiro atoms. The van der Waals surface area contributed by atoms with E-state index in [0.29, 0.717) is 18.1 Å². The average Bonchev–Trinajstić information content (AvgIpc) is 2.32. The zero-order chi connectivity index (χ0) is 9.14. The van der Waals surface area contributed by atoms with Crippen molar-refractivity contribution in [3.63, 3.8) is 0 Å². The maximum atomic E-state index is 11.2. The van der Waals surface area contributed by atoms with Crippen LogP contribution >= 0.6 is 0 Å². The van der Waals surface area contributed by atoms with E-state index in [-0.39, 0.29) is 11.9 Å². The minimum atomic E-state index is -0.147. The van der Waals surface area contributed by atoms with E-state index in [1.807, 2.05) is 13.8 Å². The first-order chi connectivity index (χ1) is 5.65. The molecule has 0 aliphatic carbocycles. The molecule has 12 heavy (non-hydrogen) atoms. The molecule has 2 heteroatoms. The van der Waals surface area contributed by atoms with E-state index in [9.17, 15) is 4.79 Å². The van der Waals surface area contributed by atoms with Gasteiger partial charge in [-0.2, -0.15) is 0 Å². The number of terminal acetylenes is 1. The second kappa shape index (κ2) is 3.44. The SMILES string of the molecule is C#CC=C1CC(C(C)C)C(=O)O1. The fourth-order valence-electron chi connectivity index (χ4n) is 1.24. The van der Waals surface area contributed by atoms with Crippen molar-refractivity contribution in [1.29, 1.82) is 0 Å². The van der Waals surface area contributed by atoms with Crippen LogP contribution in [-0.2, 0) is 9.53 Å². The van der Waals surface area contributed by atoms with Crippen LogP contribution in [-0.4, -0.2) is 5.97 Å². The van der Waals surface area contributed by atoms with E-state index in [2.05, 4.69) is 5.92 Å². The Bertz CT molecular complexity index is 256. The van der Waals surface area contributed by atoms with Crippen molar-refractivity contribution < 1.29 is 9.53 Å². The van der Waals surface area contributed by atoms with E-state index in [1.54, 1.807) is 0 Å². The van der Waals surface area contributed by atoms with Crippen molar-refractivity contribution >= 4 is 5.97 Å². The molecule has 1 heterocycles. The molecular formula is C10H12O2. The van der Waals surface area contributed by atoms with Crippen LogP contribution < -0.4 is 0 Å². The fraction of sp³-hybridized carbons (Fsp3) is 0.500. The number of carbonyl (C=O) groups excluding carboxylic acids is 1. The number of cyclic esters (lactones) is 1. The predicted octanol–water partition coefficient (Wildman–Crippen LogP) is 1.72. The summed E-state index contributed by atoms with van der Waals surface area (Å²) in [5, 5.41) is 0. The molecule has 0 bridgehead atoms. The lowest BCUT2D eigenvalue weighted by molar-refractivity contribution is -0.140. The molecule has 64 valence electrons. The van der Waals surface area contributed by atoms with Gasteiger partial charge in [-0.1, -0.05) is 19.8 Å². The Morgan fingerprint density at radius 2 is 2.42 bits per heavy atom. The van der Waals surface area contributed by atoms with Gasteiger partial charge >= 0.3 is 5.97 Å². The molecule has 0 aromatic rings. The minimum Gasteiger partial charge on any atom is -0.430 e. The molecule has 0 amide bonds. The van der Waals surface area contributed by atoms with Gasteiger partial charge in [-0.05, 0) is 5.92 Å². The lowest BCUT2D eigenvalue weighted by Gasteiger charge is -2.06. The van der Waals surface area contributed by atoms with Gasteiger partial charge in [-0.3, -0.25) is 4.79 Å². The van der Waals surface area contributed by atoms with E-state index in [1.165, 1.54) is 6.08 Å². The van der Waals surface area contributed by atoms with Crippen LogP contribution in [0.15, 0.2) is 11.8 Å². The summed E-state index contributed by atoms with van der Waals surface area (Å²) >= 11 is 0. The highest BCUT2D eigenvalue weighted by Crippen LogP contribution is 2.29. The highest BCUT2D eigenvalue weighted by molar-refractivity contribution is 5.76. The molecule has 1 unspecified atom stereocenters. The molecule has 0 aromatic carbocycles. The second-order valence-corrected chi connectivity index (χ2v) is 3.25. The Kier molecular flexibility index (Phi) is 2.54. The number of hydrogen-bond donors (Lipinski definition) is 0. The van der Waals surface area contributed by atoms with Crippen molar-refractivity contribution in [3.05, 3.63) is 11.8 Å². The van der Waals surface area contributed by atoms with Crippen LogP contribution in [0.25, 0.3) is 0 Å². The fourth-order valence-corrected chi connectivity index (χ4v) is 1.24. The Morgan fingerprint density at radius 1 is 1.75 bits per heavy atom. The zero-order valence-electron chi connectivity index (χ0n) is 7.33. The van der Waals surface area contributed by atoms with E-state index >= 15 is 0 Å². The summed E-state index contributed by atoms with van der Waals surface area (Å²) in [6.07, 6.45) is 7.23. The van der Waals surface area contributed by atoms with Crippen LogP contribution in [0.1, 0.15) is 20.3 Å². The first-order valence-corrected chi connectivity index (χ1v) is 4.02. The monoisotopic (exact) mass is 164 g/mol. The van der Waals surface area contributed by atoms with E-state index in [0.717, 1.165) is 0 Å². The summed E-state index contributed by atoms with van der Waals surface area (Å²) in [6, 6.07) is 0. The van der Waals surface area contributed by atoms with Gasteiger partial charge < -0.3 is 4.74 Å². The first-order valence-electron chi connectivity index (χ1n) is 4.02. The highest BCUT2D eigenvalue weighted by atomic mass is 16.5. The van der Waals surface area contributed by atoms with Crippen molar-refractivity contribution in [1.82, 2.24) is 0 Å². The van der Waals surface area contributed by atoms with Crippen molar-refractivity contribution in [2.24, 2.45) is 11.8 Å². The van der Waals surface area contributed by atoms with Crippen LogP contribution in [0.3, 0.4) is 0 Å². The standard InChI is InChI=1S/C10H12O2/c1-4-5-8-6-9(7(2)3)10(11)12-8/h1,5,7,9H,6H2,2-3H3. The van der Waals surface area contributed by atoms with Crippen LogP contribution in [0.2, 0.25) is 0 Å². The van der Waals surface area contributed by atoms with Crippen LogP contribution in [0.4, 0.5) is 0 Å². The molecule has 1 atom stereocenters. The minimum absolute atomic E-state index is 0.00963. The van der Waals surface area contributed by atoms with Crippen molar-refractivity contribution in [3.8, 4) is 12.3 Å². The molecule has 0 radical (unpaired) electrons. The second-order valence-electron chi connectivity index (χ2n) is 3.25. The summed E-state index contributed by atoms with van der Waals surface area (Å²) < 4.78 is 4.96. The van der Waals surface area contributed by atoms with E-state index < -0.39 is 0 Å². The Morgan fingerprint density at radius 3 is 2.83 bits per heavy atom. The normalized spacial score (nSPS) is 26.0. The van der Waals surface area contributed by atoms with Crippen molar-refractivity contribution in [2.75, 3.05) is 0 Å². The largest absolute Gasteiger partial charge is 0.430 e. The number of rotatable bonds is 1. The van der Waals surface area contributed by atoms with Crippen LogP contribution in [0.5, 0.6) is 0 Å². The lowest BCUT2D eigenvalue weighted by Crippen LogP contribution is -2.13. The van der Waals surface area contributed by atoms with Gasteiger partial charge in [0.2, 0.25) is 0 Å². The summed E-state index contributed by atoms with van der Waals surface area (Å²) in [7, 11) is 0. The third kappa shape index (κ3) is 1.68. The zero-order valence-corrected chi connectivity index (χ0v) is 7.33. The third-order valence-electron chi connectivity index (χ3n) is 2.00. The maximum absolute atomic E-state index is 11.2. The molecule has 1 aliphatic rings. The molecule has 2 nitrogen and oxygen atoms in total. The van der Waals surface area contributed by atoms with Gasteiger partial charge in [-0.25, -0.2) is 0 Å². The Hall–Kier alpha value is -1.23. The summed E-state index contributed by atoms with van der Waals surface area (Å²) in [4.78, 5) is 11.2. The maximum Gasteiger partial charge on any atom is 0.314 e. The molecule has 1 rings (SSSR count). The van der Waals surface area contributed by atoms with Gasteiger partial charge in [0.15, 0.2) is 0 Å². The highest BCUT2D eigenvalue weighted by Gasteiger charge is 2.32. The quantitative estimate of drug-likeness (QED) is 0.435. The number of hydrogen-bond acceptors (Lipinski definition) is 2. The molecule has 1 saturated heterocycles. The number of carbonyl (C=O) groups is 1. The molecule has 1 fully saturated rings. The number of allylic oxidation sites excluding steroid dienone is 2. The molecule has 0 N–H and O–H groups in total. The van der Waals surface area contributed by atoms with Crippen molar-refractivity contribution in [2.45, 2.75) is 20.3 Å². The molecule has 0 saturated carbocycles. The summed E-state index contributed by atoms with van der Waals surface area (Å²) in [6.45, 7) is 4.01. The van der Waals surface area contributed by atoms with E-state index in [4.69, 9.17) is 11.2 Å². The summed E-state index contributed by atoms with van der Waals surface area (Å²) in [5.74, 6) is 3.14. The topological polar surface area (TPSA) is 26.3 Å². The number of ether oxygens (including phenoxy) is 1. The van der Waals surface area contributed by atoms with Gasteiger partial charge in [-0.15, -0.1) is 6.42 Å². The van der Waals surface area contributed by atoms with Gasteiger partial charge in [0, 0.05) is 12.5 Å². The predicted molar refractivity (Wildman–Crippen MR) is 46.0 cm³/mol. The Balaban J connectivity index is 2.70.